The fourth-order valence-electron chi connectivity index (χ4n) is 1.57. The highest BCUT2D eigenvalue weighted by molar-refractivity contribution is 5.74. The summed E-state index contributed by atoms with van der Waals surface area (Å²) in [4.78, 5) is 11.6. The summed E-state index contributed by atoms with van der Waals surface area (Å²) in [7, 11) is 0. The van der Waals surface area contributed by atoms with Crippen molar-refractivity contribution < 1.29 is 9.53 Å². The molecular formula is C16H23N3O2. The number of carbonyl (C=O) groups is 1. The van der Waals surface area contributed by atoms with Gasteiger partial charge >= 0.3 is 6.03 Å². The highest BCUT2D eigenvalue weighted by Crippen LogP contribution is 2.12. The standard InChI is InChI=1S/C16H23N3O2/c1-4-16(2,3)19-15(20)18-11-12-21-14-7-5-13(6-8-14)9-10-17/h5-8H,4,9,11-12H2,1-3H3,(H2,18,19,20). The molecule has 0 saturated carbocycles. The lowest BCUT2D eigenvalue weighted by Gasteiger charge is -2.24. The number of carbonyl (C=O) groups excluding carboxylic acids is 1. The molecule has 114 valence electrons. The summed E-state index contributed by atoms with van der Waals surface area (Å²) >= 11 is 0. The average Bonchev–Trinajstić information content (AvgIpc) is 2.45. The zero-order valence-corrected chi connectivity index (χ0v) is 12.9. The second kappa shape index (κ2) is 8.15. The van der Waals surface area contributed by atoms with Gasteiger partial charge in [0.05, 0.1) is 19.0 Å². The van der Waals surface area contributed by atoms with Gasteiger partial charge in [-0.25, -0.2) is 4.79 Å². The van der Waals surface area contributed by atoms with Crippen LogP contribution in [0.4, 0.5) is 4.79 Å². The second-order valence-corrected chi connectivity index (χ2v) is 5.45. The van der Waals surface area contributed by atoms with Gasteiger partial charge in [-0.1, -0.05) is 19.1 Å². The van der Waals surface area contributed by atoms with E-state index in [-0.39, 0.29) is 11.6 Å². The van der Waals surface area contributed by atoms with Crippen LogP contribution in [0.25, 0.3) is 0 Å². The third-order valence-corrected chi connectivity index (χ3v) is 3.20. The molecule has 0 heterocycles. The maximum absolute atomic E-state index is 11.6. The fourth-order valence-corrected chi connectivity index (χ4v) is 1.57. The van der Waals surface area contributed by atoms with Crippen LogP contribution in [-0.4, -0.2) is 24.7 Å². The number of hydrogen-bond donors (Lipinski definition) is 2. The summed E-state index contributed by atoms with van der Waals surface area (Å²) < 4.78 is 5.52. The van der Waals surface area contributed by atoms with Crippen LogP contribution in [0.1, 0.15) is 32.8 Å². The number of amides is 2. The Kier molecular flexibility index (Phi) is 6.54. The van der Waals surface area contributed by atoms with Crippen LogP contribution in [0, 0.1) is 11.3 Å². The zero-order valence-electron chi connectivity index (χ0n) is 12.9. The van der Waals surface area contributed by atoms with Crippen molar-refractivity contribution >= 4 is 6.03 Å². The van der Waals surface area contributed by atoms with Crippen LogP contribution < -0.4 is 15.4 Å². The molecule has 1 aromatic carbocycles. The molecule has 0 aromatic heterocycles. The van der Waals surface area contributed by atoms with E-state index < -0.39 is 0 Å². The quantitative estimate of drug-likeness (QED) is 0.758. The lowest BCUT2D eigenvalue weighted by Crippen LogP contribution is -2.48. The molecular weight excluding hydrogens is 266 g/mol. The topological polar surface area (TPSA) is 74.2 Å². The normalized spacial score (nSPS) is 10.6. The van der Waals surface area contributed by atoms with Gasteiger partial charge in [0, 0.05) is 5.54 Å². The van der Waals surface area contributed by atoms with Gasteiger partial charge in [0.25, 0.3) is 0 Å². The predicted molar refractivity (Wildman–Crippen MR) is 82.2 cm³/mol. The van der Waals surface area contributed by atoms with Crippen molar-refractivity contribution in [2.45, 2.75) is 39.2 Å². The molecule has 0 aliphatic carbocycles. The Morgan fingerprint density at radius 3 is 2.57 bits per heavy atom. The van der Waals surface area contributed by atoms with E-state index in [0.29, 0.717) is 19.6 Å². The third kappa shape index (κ3) is 6.66. The lowest BCUT2D eigenvalue weighted by molar-refractivity contribution is 0.225. The van der Waals surface area contributed by atoms with E-state index in [9.17, 15) is 4.79 Å². The minimum absolute atomic E-state index is 0.185. The van der Waals surface area contributed by atoms with Gasteiger partial charge in [0.1, 0.15) is 12.4 Å². The van der Waals surface area contributed by atoms with Crippen LogP contribution in [-0.2, 0) is 6.42 Å². The fraction of sp³-hybridized carbons (Fsp3) is 0.500. The molecule has 0 aliphatic heterocycles. The summed E-state index contributed by atoms with van der Waals surface area (Å²) in [5, 5.41) is 14.2. The molecule has 0 unspecified atom stereocenters. The van der Waals surface area contributed by atoms with Gasteiger partial charge in [0.15, 0.2) is 0 Å². The van der Waals surface area contributed by atoms with Crippen molar-refractivity contribution in [3.63, 3.8) is 0 Å². The Labute approximate surface area is 126 Å². The average molecular weight is 289 g/mol. The number of ether oxygens (including phenoxy) is 1. The second-order valence-electron chi connectivity index (χ2n) is 5.45. The van der Waals surface area contributed by atoms with Crippen molar-refractivity contribution in [2.75, 3.05) is 13.2 Å². The number of hydrogen-bond acceptors (Lipinski definition) is 3. The number of benzene rings is 1. The van der Waals surface area contributed by atoms with Crippen LogP contribution in [0.5, 0.6) is 5.75 Å². The number of rotatable bonds is 7. The molecule has 0 radical (unpaired) electrons. The van der Waals surface area contributed by atoms with E-state index in [4.69, 9.17) is 10.00 Å². The number of nitriles is 1. The van der Waals surface area contributed by atoms with Gasteiger partial charge in [0.2, 0.25) is 0 Å². The maximum atomic E-state index is 11.6. The van der Waals surface area contributed by atoms with Gasteiger partial charge in [-0.3, -0.25) is 0 Å². The van der Waals surface area contributed by atoms with Crippen molar-refractivity contribution in [3.05, 3.63) is 29.8 Å². The first-order chi connectivity index (χ1) is 9.96. The Balaban J connectivity index is 2.25. The van der Waals surface area contributed by atoms with Crippen LogP contribution in [0.2, 0.25) is 0 Å². The largest absolute Gasteiger partial charge is 0.492 e. The van der Waals surface area contributed by atoms with Gasteiger partial charge < -0.3 is 15.4 Å². The smallest absolute Gasteiger partial charge is 0.315 e. The van der Waals surface area contributed by atoms with Gasteiger partial charge in [-0.05, 0) is 38.0 Å². The van der Waals surface area contributed by atoms with Crippen molar-refractivity contribution in [1.29, 1.82) is 5.26 Å². The van der Waals surface area contributed by atoms with E-state index >= 15 is 0 Å². The van der Waals surface area contributed by atoms with Crippen LogP contribution in [0.3, 0.4) is 0 Å². The van der Waals surface area contributed by atoms with E-state index in [0.717, 1.165) is 17.7 Å². The summed E-state index contributed by atoms with van der Waals surface area (Å²) in [6.07, 6.45) is 1.27. The first-order valence-corrected chi connectivity index (χ1v) is 7.11. The Hall–Kier alpha value is -2.22. The molecule has 5 heteroatoms. The third-order valence-electron chi connectivity index (χ3n) is 3.20. The summed E-state index contributed by atoms with van der Waals surface area (Å²) in [6.45, 7) is 6.82. The number of nitrogens with zero attached hydrogens (tertiary/aromatic N) is 1. The van der Waals surface area contributed by atoms with Crippen molar-refractivity contribution in [3.8, 4) is 11.8 Å². The van der Waals surface area contributed by atoms with Crippen molar-refractivity contribution in [1.82, 2.24) is 10.6 Å². The molecule has 0 fully saturated rings. The number of urea groups is 1. The first kappa shape index (κ1) is 16.8. The summed E-state index contributed by atoms with van der Waals surface area (Å²) in [5.41, 5.74) is 0.755. The zero-order chi connectivity index (χ0) is 15.7. The molecule has 1 aromatic rings. The number of nitrogens with one attached hydrogen (secondary N) is 2. The lowest BCUT2D eigenvalue weighted by atomic mass is 10.0. The molecule has 0 saturated heterocycles. The van der Waals surface area contributed by atoms with E-state index in [1.54, 1.807) is 0 Å². The van der Waals surface area contributed by atoms with Crippen LogP contribution >= 0.6 is 0 Å². The molecule has 2 N–H and O–H groups in total. The molecule has 1 rings (SSSR count). The van der Waals surface area contributed by atoms with Gasteiger partial charge in [-0.15, -0.1) is 0 Å². The minimum Gasteiger partial charge on any atom is -0.492 e. The van der Waals surface area contributed by atoms with E-state index in [1.807, 2.05) is 45.0 Å². The van der Waals surface area contributed by atoms with Crippen molar-refractivity contribution in [2.24, 2.45) is 0 Å². The molecule has 5 nitrogen and oxygen atoms in total. The molecule has 0 aliphatic rings. The highest BCUT2D eigenvalue weighted by atomic mass is 16.5. The molecule has 2 amide bonds. The Bertz CT molecular complexity index is 489. The minimum atomic E-state index is -0.207. The SMILES string of the molecule is CCC(C)(C)NC(=O)NCCOc1ccc(CC#N)cc1. The van der Waals surface area contributed by atoms with E-state index in [1.165, 1.54) is 0 Å². The molecule has 21 heavy (non-hydrogen) atoms. The van der Waals surface area contributed by atoms with Crippen LogP contribution in [0.15, 0.2) is 24.3 Å². The summed E-state index contributed by atoms with van der Waals surface area (Å²) in [6, 6.07) is 9.29. The monoisotopic (exact) mass is 289 g/mol. The van der Waals surface area contributed by atoms with E-state index in [2.05, 4.69) is 16.7 Å². The predicted octanol–water partition coefficient (Wildman–Crippen LogP) is 2.62. The highest BCUT2D eigenvalue weighted by Gasteiger charge is 2.16. The molecule has 0 spiro atoms. The van der Waals surface area contributed by atoms with Gasteiger partial charge in [-0.2, -0.15) is 5.26 Å². The maximum Gasteiger partial charge on any atom is 0.315 e. The Morgan fingerprint density at radius 1 is 1.33 bits per heavy atom. The molecule has 0 atom stereocenters. The molecule has 0 bridgehead atoms. The Morgan fingerprint density at radius 2 is 2.00 bits per heavy atom. The summed E-state index contributed by atoms with van der Waals surface area (Å²) in [5.74, 6) is 0.729. The first-order valence-electron chi connectivity index (χ1n) is 7.11.